The SMILES string of the molecule is Cc1ccc(-n2nnnc2SCc2nc(N)nc(Nc3ccccc3C)n2)c(C)c1. The Balaban J connectivity index is 1.53. The van der Waals surface area contributed by atoms with Crippen molar-refractivity contribution in [1.82, 2.24) is 35.2 Å². The summed E-state index contributed by atoms with van der Waals surface area (Å²) >= 11 is 1.43. The molecule has 4 aromatic rings. The third-order valence-corrected chi connectivity index (χ3v) is 5.36. The minimum absolute atomic E-state index is 0.158. The Morgan fingerprint density at radius 2 is 1.83 bits per heavy atom. The average Bonchev–Trinajstić information content (AvgIpc) is 3.16. The molecule has 2 aromatic carbocycles. The first-order valence-corrected chi connectivity index (χ1v) is 10.3. The van der Waals surface area contributed by atoms with E-state index in [0.717, 1.165) is 22.5 Å². The highest BCUT2D eigenvalue weighted by Gasteiger charge is 2.13. The van der Waals surface area contributed by atoms with Crippen molar-refractivity contribution in [1.29, 1.82) is 0 Å². The van der Waals surface area contributed by atoms with E-state index in [9.17, 15) is 0 Å². The van der Waals surface area contributed by atoms with Crippen LogP contribution >= 0.6 is 11.8 Å². The number of nitrogens with zero attached hydrogens (tertiary/aromatic N) is 7. The van der Waals surface area contributed by atoms with E-state index >= 15 is 0 Å². The number of nitrogens with one attached hydrogen (secondary N) is 1. The summed E-state index contributed by atoms with van der Waals surface area (Å²) in [5.74, 6) is 1.55. The number of benzene rings is 2. The van der Waals surface area contributed by atoms with E-state index in [-0.39, 0.29) is 5.95 Å². The Morgan fingerprint density at radius 3 is 2.63 bits per heavy atom. The summed E-state index contributed by atoms with van der Waals surface area (Å²) in [7, 11) is 0. The third kappa shape index (κ3) is 4.38. The number of anilines is 3. The molecule has 3 N–H and O–H groups in total. The minimum atomic E-state index is 0.158. The van der Waals surface area contributed by atoms with Gasteiger partial charge in [0.1, 0.15) is 5.82 Å². The van der Waals surface area contributed by atoms with Crippen LogP contribution in [0.5, 0.6) is 0 Å². The fourth-order valence-electron chi connectivity index (χ4n) is 2.98. The van der Waals surface area contributed by atoms with Gasteiger partial charge in [-0.15, -0.1) is 5.10 Å². The Hall–Kier alpha value is -3.53. The lowest BCUT2D eigenvalue weighted by molar-refractivity contribution is 0.751. The maximum absolute atomic E-state index is 5.90. The molecule has 9 nitrogen and oxygen atoms in total. The summed E-state index contributed by atoms with van der Waals surface area (Å²) in [4.78, 5) is 12.9. The molecule has 2 heterocycles. The number of hydrogen-bond donors (Lipinski definition) is 2. The lowest BCUT2D eigenvalue weighted by Gasteiger charge is -2.10. The van der Waals surface area contributed by atoms with Gasteiger partial charge in [0.05, 0.1) is 11.4 Å². The van der Waals surface area contributed by atoms with E-state index in [1.807, 2.05) is 50.2 Å². The second-order valence-electron chi connectivity index (χ2n) is 6.83. The van der Waals surface area contributed by atoms with E-state index < -0.39 is 0 Å². The summed E-state index contributed by atoms with van der Waals surface area (Å²) in [5, 5.41) is 16.0. The van der Waals surface area contributed by atoms with Gasteiger partial charge in [-0.25, -0.2) is 0 Å². The van der Waals surface area contributed by atoms with Gasteiger partial charge in [0.2, 0.25) is 17.1 Å². The van der Waals surface area contributed by atoms with Crippen molar-refractivity contribution in [3.05, 3.63) is 65.0 Å². The van der Waals surface area contributed by atoms with E-state index in [1.54, 1.807) is 4.68 Å². The second-order valence-corrected chi connectivity index (χ2v) is 7.77. The molecule has 2 aromatic heterocycles. The van der Waals surface area contributed by atoms with E-state index in [2.05, 4.69) is 48.8 Å². The number of aromatic nitrogens is 7. The summed E-state index contributed by atoms with van der Waals surface area (Å²) in [6.45, 7) is 6.10. The van der Waals surface area contributed by atoms with Crippen LogP contribution in [0.15, 0.2) is 47.6 Å². The average molecular weight is 420 g/mol. The first-order chi connectivity index (χ1) is 14.5. The normalized spacial score (nSPS) is 10.9. The van der Waals surface area contributed by atoms with E-state index in [0.29, 0.717) is 22.7 Å². The van der Waals surface area contributed by atoms with Crippen molar-refractivity contribution < 1.29 is 0 Å². The van der Waals surface area contributed by atoms with E-state index in [4.69, 9.17) is 5.73 Å². The number of rotatable bonds is 6. The van der Waals surface area contributed by atoms with Gasteiger partial charge in [-0.1, -0.05) is 47.7 Å². The molecule has 0 bridgehead atoms. The zero-order valence-electron chi connectivity index (χ0n) is 16.9. The molecule has 0 saturated heterocycles. The summed E-state index contributed by atoms with van der Waals surface area (Å²) in [6, 6.07) is 14.0. The van der Waals surface area contributed by atoms with Crippen LogP contribution in [-0.2, 0) is 5.75 Å². The summed E-state index contributed by atoms with van der Waals surface area (Å²) in [5.41, 5.74) is 11.1. The van der Waals surface area contributed by atoms with Crippen LogP contribution < -0.4 is 11.1 Å². The van der Waals surface area contributed by atoms with Gasteiger partial charge in [0, 0.05) is 5.69 Å². The highest BCUT2D eigenvalue weighted by Crippen LogP contribution is 2.24. The van der Waals surface area contributed by atoms with Crippen molar-refractivity contribution in [3.63, 3.8) is 0 Å². The molecule has 0 radical (unpaired) electrons. The lowest BCUT2D eigenvalue weighted by atomic mass is 10.1. The smallest absolute Gasteiger partial charge is 0.232 e. The van der Waals surface area contributed by atoms with Gasteiger partial charge in [-0.2, -0.15) is 19.6 Å². The maximum atomic E-state index is 5.90. The molecule has 4 rings (SSSR count). The molecule has 30 heavy (non-hydrogen) atoms. The molecule has 152 valence electrons. The van der Waals surface area contributed by atoms with Crippen LogP contribution in [0.1, 0.15) is 22.5 Å². The zero-order chi connectivity index (χ0) is 21.1. The van der Waals surface area contributed by atoms with Crippen molar-refractivity contribution >= 4 is 29.3 Å². The van der Waals surface area contributed by atoms with Crippen LogP contribution in [0.25, 0.3) is 5.69 Å². The van der Waals surface area contributed by atoms with Crippen molar-refractivity contribution in [3.8, 4) is 5.69 Å². The summed E-state index contributed by atoms with van der Waals surface area (Å²) in [6.07, 6.45) is 0. The number of thioether (sulfide) groups is 1. The molecule has 0 aliphatic heterocycles. The first-order valence-electron chi connectivity index (χ1n) is 9.31. The summed E-state index contributed by atoms with van der Waals surface area (Å²) < 4.78 is 1.72. The molecule has 0 spiro atoms. The van der Waals surface area contributed by atoms with E-state index in [1.165, 1.54) is 17.3 Å². The topological polar surface area (TPSA) is 120 Å². The molecule has 0 aliphatic carbocycles. The molecular weight excluding hydrogens is 398 g/mol. The number of aryl methyl sites for hydroxylation is 3. The van der Waals surface area contributed by atoms with Crippen molar-refractivity contribution in [2.75, 3.05) is 11.1 Å². The van der Waals surface area contributed by atoms with Crippen LogP contribution in [0.2, 0.25) is 0 Å². The quantitative estimate of drug-likeness (QED) is 0.453. The fraction of sp³-hybridized carbons (Fsp3) is 0.200. The van der Waals surface area contributed by atoms with Gasteiger partial charge in [0.15, 0.2) is 0 Å². The molecule has 0 aliphatic rings. The number of hydrogen-bond acceptors (Lipinski definition) is 9. The van der Waals surface area contributed by atoms with Gasteiger partial charge >= 0.3 is 0 Å². The predicted octanol–water partition coefficient (Wildman–Crippen LogP) is 3.39. The lowest BCUT2D eigenvalue weighted by Crippen LogP contribution is -2.07. The maximum Gasteiger partial charge on any atom is 0.232 e. The van der Waals surface area contributed by atoms with Crippen molar-refractivity contribution in [2.45, 2.75) is 31.7 Å². The molecule has 0 atom stereocenters. The number of para-hydroxylation sites is 1. The largest absolute Gasteiger partial charge is 0.368 e. The monoisotopic (exact) mass is 419 g/mol. The van der Waals surface area contributed by atoms with Crippen LogP contribution in [-0.4, -0.2) is 35.2 Å². The third-order valence-electron chi connectivity index (χ3n) is 4.44. The molecule has 10 heteroatoms. The fourth-order valence-corrected chi connectivity index (χ4v) is 3.72. The standard InChI is InChI=1S/C20H21N9S/c1-12-8-9-16(14(3)10-12)29-20(26-27-28-29)30-11-17-23-18(21)25-19(24-17)22-15-7-5-4-6-13(15)2/h4-10H,11H2,1-3H3,(H3,21,22,23,24,25). The Bertz CT molecular complexity index is 1190. The molecule has 0 unspecified atom stereocenters. The van der Waals surface area contributed by atoms with Crippen molar-refractivity contribution in [2.24, 2.45) is 0 Å². The van der Waals surface area contributed by atoms with Gasteiger partial charge < -0.3 is 11.1 Å². The number of nitrogens with two attached hydrogens (primary N) is 1. The molecule has 0 fully saturated rings. The number of tetrazole rings is 1. The van der Waals surface area contributed by atoms with Gasteiger partial charge in [-0.3, -0.25) is 0 Å². The highest BCUT2D eigenvalue weighted by molar-refractivity contribution is 7.98. The van der Waals surface area contributed by atoms with Gasteiger partial charge in [-0.05, 0) is 54.5 Å². The van der Waals surface area contributed by atoms with Crippen LogP contribution in [0, 0.1) is 20.8 Å². The first kappa shape index (κ1) is 19.8. The minimum Gasteiger partial charge on any atom is -0.368 e. The van der Waals surface area contributed by atoms with Gasteiger partial charge in [0.25, 0.3) is 0 Å². The number of nitrogen functional groups attached to an aromatic ring is 1. The Labute approximate surface area is 178 Å². The second kappa shape index (κ2) is 8.46. The van der Waals surface area contributed by atoms with Crippen LogP contribution in [0.4, 0.5) is 17.6 Å². The Morgan fingerprint density at radius 1 is 1.00 bits per heavy atom. The Kier molecular flexibility index (Phi) is 5.57. The van der Waals surface area contributed by atoms with Crippen LogP contribution in [0.3, 0.4) is 0 Å². The highest BCUT2D eigenvalue weighted by atomic mass is 32.2. The zero-order valence-corrected chi connectivity index (χ0v) is 17.7. The predicted molar refractivity (Wildman–Crippen MR) is 117 cm³/mol. The molecule has 0 amide bonds. The molecule has 0 saturated carbocycles. The molecular formula is C20H21N9S.